The van der Waals surface area contributed by atoms with Gasteiger partial charge in [-0.05, 0) is 26.3 Å². The summed E-state index contributed by atoms with van der Waals surface area (Å²) in [6, 6.07) is 0.556. The minimum absolute atomic E-state index is 0. The highest BCUT2D eigenvalue weighted by atomic mass is 35.5. The first kappa shape index (κ1) is 17.6. The van der Waals surface area contributed by atoms with Gasteiger partial charge in [0.2, 0.25) is 5.82 Å². The van der Waals surface area contributed by atoms with Crippen LogP contribution >= 0.6 is 24.2 Å². The molecule has 1 aromatic rings. The Morgan fingerprint density at radius 3 is 3.00 bits per heavy atom. The molecule has 3 rings (SSSR count). The maximum atomic E-state index is 12.6. The van der Waals surface area contributed by atoms with Crippen LogP contribution in [0.25, 0.3) is 0 Å². The molecular weight excluding hydrogens is 322 g/mol. The molecule has 2 fully saturated rings. The van der Waals surface area contributed by atoms with Crippen molar-refractivity contribution < 1.29 is 4.79 Å². The first-order valence-corrected chi connectivity index (χ1v) is 8.76. The Hall–Kier alpha value is -0.790. The highest BCUT2D eigenvalue weighted by Crippen LogP contribution is 2.25. The SMILES string of the molecule is CC1SCCN(C(=O)c2ncn(C3CCCNC3)n2)C1C.Cl. The number of carbonyl (C=O) groups excluding carboxylic acids is 1. The summed E-state index contributed by atoms with van der Waals surface area (Å²) in [7, 11) is 0. The van der Waals surface area contributed by atoms with Crippen molar-refractivity contribution >= 4 is 30.1 Å². The molecule has 124 valence electrons. The van der Waals surface area contributed by atoms with E-state index >= 15 is 0 Å². The summed E-state index contributed by atoms with van der Waals surface area (Å²) in [5, 5.41) is 8.26. The summed E-state index contributed by atoms with van der Waals surface area (Å²) in [5.74, 6) is 1.30. The summed E-state index contributed by atoms with van der Waals surface area (Å²) in [5.41, 5.74) is 0. The Morgan fingerprint density at radius 2 is 2.27 bits per heavy atom. The van der Waals surface area contributed by atoms with Crippen LogP contribution in [0.4, 0.5) is 0 Å². The number of nitrogens with one attached hydrogen (secondary N) is 1. The van der Waals surface area contributed by atoms with Gasteiger partial charge in [-0.2, -0.15) is 11.8 Å². The number of halogens is 1. The third kappa shape index (κ3) is 3.58. The van der Waals surface area contributed by atoms with Crippen molar-refractivity contribution in [2.75, 3.05) is 25.4 Å². The van der Waals surface area contributed by atoms with Crippen molar-refractivity contribution in [1.29, 1.82) is 0 Å². The Bertz CT molecular complexity index is 505. The van der Waals surface area contributed by atoms with Crippen molar-refractivity contribution in [1.82, 2.24) is 25.0 Å². The molecule has 3 unspecified atom stereocenters. The molecule has 6 nitrogen and oxygen atoms in total. The fourth-order valence-corrected chi connectivity index (χ4v) is 4.06. The van der Waals surface area contributed by atoms with Crippen molar-refractivity contribution in [2.24, 2.45) is 0 Å². The number of nitrogens with zero attached hydrogens (tertiary/aromatic N) is 4. The van der Waals surface area contributed by atoms with Gasteiger partial charge in [0.1, 0.15) is 6.33 Å². The molecule has 0 aromatic carbocycles. The zero-order valence-electron chi connectivity index (χ0n) is 13.1. The van der Waals surface area contributed by atoms with Gasteiger partial charge < -0.3 is 10.2 Å². The molecule has 2 saturated heterocycles. The number of aromatic nitrogens is 3. The monoisotopic (exact) mass is 345 g/mol. The van der Waals surface area contributed by atoms with E-state index < -0.39 is 0 Å². The Balaban J connectivity index is 0.00000176. The van der Waals surface area contributed by atoms with Crippen molar-refractivity contribution in [2.45, 2.75) is 44.0 Å². The van der Waals surface area contributed by atoms with Gasteiger partial charge >= 0.3 is 0 Å². The maximum absolute atomic E-state index is 12.6. The van der Waals surface area contributed by atoms with Gasteiger partial charge in [0, 0.05) is 30.1 Å². The summed E-state index contributed by atoms with van der Waals surface area (Å²) >= 11 is 1.92. The topological polar surface area (TPSA) is 63.1 Å². The van der Waals surface area contributed by atoms with Crippen molar-refractivity contribution in [3.63, 3.8) is 0 Å². The second-order valence-corrected chi connectivity index (χ2v) is 7.35. The Morgan fingerprint density at radius 1 is 1.45 bits per heavy atom. The van der Waals surface area contributed by atoms with Crippen molar-refractivity contribution in [3.05, 3.63) is 12.2 Å². The number of carbonyl (C=O) groups is 1. The van der Waals surface area contributed by atoms with Gasteiger partial charge in [-0.15, -0.1) is 17.5 Å². The lowest BCUT2D eigenvalue weighted by atomic mass is 10.1. The Labute approximate surface area is 141 Å². The average Bonchev–Trinajstić information content (AvgIpc) is 3.00. The second kappa shape index (κ2) is 7.66. The van der Waals surface area contributed by atoms with Gasteiger partial charge in [0.05, 0.1) is 6.04 Å². The number of piperidine rings is 1. The summed E-state index contributed by atoms with van der Waals surface area (Å²) < 4.78 is 1.85. The van der Waals surface area contributed by atoms with Crippen LogP contribution < -0.4 is 5.32 Å². The van der Waals surface area contributed by atoms with E-state index in [0.717, 1.165) is 38.2 Å². The van der Waals surface area contributed by atoms with Gasteiger partial charge in [-0.3, -0.25) is 4.79 Å². The summed E-state index contributed by atoms with van der Waals surface area (Å²) in [4.78, 5) is 18.8. The maximum Gasteiger partial charge on any atom is 0.293 e. The molecule has 8 heteroatoms. The van der Waals surface area contributed by atoms with Crippen LogP contribution in [-0.2, 0) is 0 Å². The quantitative estimate of drug-likeness (QED) is 0.882. The molecule has 0 bridgehead atoms. The highest BCUT2D eigenvalue weighted by molar-refractivity contribution is 8.00. The van der Waals surface area contributed by atoms with E-state index in [4.69, 9.17) is 0 Å². The molecule has 0 spiro atoms. The standard InChI is InChI=1S/C14H23N5OS.ClH/c1-10-11(2)21-7-6-18(10)14(20)13-16-9-19(17-13)12-4-3-5-15-8-12;/h9-12,15H,3-8H2,1-2H3;1H. The second-order valence-electron chi connectivity index (χ2n) is 5.86. The van der Waals surface area contributed by atoms with Gasteiger partial charge in [0.25, 0.3) is 5.91 Å². The van der Waals surface area contributed by atoms with Gasteiger partial charge in [-0.25, -0.2) is 9.67 Å². The number of rotatable bonds is 2. The largest absolute Gasteiger partial charge is 0.331 e. The average molecular weight is 346 g/mol. The Kier molecular flexibility index (Phi) is 6.11. The van der Waals surface area contributed by atoms with Gasteiger partial charge in [-0.1, -0.05) is 6.92 Å². The minimum Gasteiger partial charge on any atom is -0.331 e. The lowest BCUT2D eigenvalue weighted by molar-refractivity contribution is 0.0685. The number of thioether (sulfide) groups is 1. The molecule has 2 aliphatic rings. The molecule has 1 N–H and O–H groups in total. The zero-order valence-corrected chi connectivity index (χ0v) is 14.7. The minimum atomic E-state index is -0.0304. The fourth-order valence-electron chi connectivity index (χ4n) is 2.96. The highest BCUT2D eigenvalue weighted by Gasteiger charge is 2.31. The summed E-state index contributed by atoms with van der Waals surface area (Å²) in [6.45, 7) is 7.04. The first-order valence-electron chi connectivity index (χ1n) is 7.71. The molecule has 1 amide bonds. The number of hydrogen-bond donors (Lipinski definition) is 1. The molecule has 3 heterocycles. The normalized spacial score (nSPS) is 29.0. The smallest absolute Gasteiger partial charge is 0.293 e. The predicted molar refractivity (Wildman–Crippen MR) is 90.8 cm³/mol. The van der Waals surface area contributed by atoms with E-state index in [0.29, 0.717) is 17.1 Å². The van der Waals surface area contributed by atoms with Crippen LogP contribution in [0, 0.1) is 0 Å². The predicted octanol–water partition coefficient (Wildman–Crippen LogP) is 1.59. The van der Waals surface area contributed by atoms with Gasteiger partial charge in [0.15, 0.2) is 0 Å². The fraction of sp³-hybridized carbons (Fsp3) is 0.786. The molecular formula is C14H24ClN5OS. The lowest BCUT2D eigenvalue weighted by Crippen LogP contribution is -2.48. The van der Waals surface area contributed by atoms with Crippen molar-refractivity contribution in [3.8, 4) is 0 Å². The van der Waals surface area contributed by atoms with E-state index in [9.17, 15) is 4.79 Å². The van der Waals surface area contributed by atoms with E-state index in [-0.39, 0.29) is 24.4 Å². The third-order valence-corrected chi connectivity index (χ3v) is 5.83. The van der Waals surface area contributed by atoms with Crippen LogP contribution in [0.3, 0.4) is 0 Å². The van der Waals surface area contributed by atoms with E-state index in [1.807, 2.05) is 21.3 Å². The van der Waals surface area contributed by atoms with Crippen LogP contribution in [0.1, 0.15) is 43.3 Å². The van der Waals surface area contributed by atoms with E-state index in [1.165, 1.54) is 0 Å². The van der Waals surface area contributed by atoms with Crippen LogP contribution in [0.2, 0.25) is 0 Å². The van der Waals surface area contributed by atoms with Crippen LogP contribution in [-0.4, -0.2) is 62.3 Å². The molecule has 0 radical (unpaired) electrons. The molecule has 1 aromatic heterocycles. The first-order chi connectivity index (χ1) is 10.2. The molecule has 2 aliphatic heterocycles. The number of hydrogen-bond acceptors (Lipinski definition) is 5. The molecule has 0 aliphatic carbocycles. The van der Waals surface area contributed by atoms with E-state index in [2.05, 4.69) is 29.2 Å². The van der Waals surface area contributed by atoms with E-state index in [1.54, 1.807) is 6.33 Å². The van der Waals surface area contributed by atoms with Crippen LogP contribution in [0.15, 0.2) is 6.33 Å². The summed E-state index contributed by atoms with van der Waals surface area (Å²) in [6.07, 6.45) is 3.95. The zero-order chi connectivity index (χ0) is 14.8. The molecule has 22 heavy (non-hydrogen) atoms. The molecule has 3 atom stereocenters. The molecule has 0 saturated carbocycles. The van der Waals surface area contributed by atoms with Crippen LogP contribution in [0.5, 0.6) is 0 Å². The third-order valence-electron chi connectivity index (χ3n) is 4.49. The number of amides is 1. The lowest BCUT2D eigenvalue weighted by Gasteiger charge is -2.36.